The highest BCUT2D eigenvalue weighted by atomic mass is 16.5. The smallest absolute Gasteiger partial charge is 0.225 e. The van der Waals surface area contributed by atoms with Crippen LogP contribution in [-0.2, 0) is 11.3 Å². The van der Waals surface area contributed by atoms with Gasteiger partial charge in [-0.05, 0) is 31.0 Å². The van der Waals surface area contributed by atoms with Crippen molar-refractivity contribution in [3.05, 3.63) is 43.0 Å². The molecule has 3 unspecified atom stereocenters. The summed E-state index contributed by atoms with van der Waals surface area (Å²) in [5, 5.41) is 0. The van der Waals surface area contributed by atoms with Crippen LogP contribution in [0.4, 0.5) is 5.95 Å². The van der Waals surface area contributed by atoms with Crippen molar-refractivity contribution in [1.82, 2.24) is 14.5 Å². The van der Waals surface area contributed by atoms with Crippen LogP contribution in [0.5, 0.6) is 0 Å². The summed E-state index contributed by atoms with van der Waals surface area (Å²) in [6.07, 6.45) is 10.6. The number of fused-ring (bicyclic) bond motifs is 1. The molecule has 1 saturated carbocycles. The van der Waals surface area contributed by atoms with Gasteiger partial charge in [0.1, 0.15) is 0 Å². The zero-order valence-corrected chi connectivity index (χ0v) is 12.0. The molecule has 2 fully saturated rings. The van der Waals surface area contributed by atoms with E-state index in [0.29, 0.717) is 18.1 Å². The molecule has 5 heteroatoms. The second kappa shape index (κ2) is 5.48. The fourth-order valence-electron chi connectivity index (χ4n) is 3.71. The standard InChI is InChI=1S/C16H20N4O/c1-2-9-19(8-1)12-13-4-5-14-15(13)21-11-10-20(14)16-17-6-3-7-18-16/h1-3,6-9,13-15H,4-5,10-12H2. The third-order valence-corrected chi connectivity index (χ3v) is 4.64. The first-order valence-electron chi connectivity index (χ1n) is 7.68. The summed E-state index contributed by atoms with van der Waals surface area (Å²) in [6, 6.07) is 6.45. The largest absolute Gasteiger partial charge is 0.374 e. The maximum Gasteiger partial charge on any atom is 0.225 e. The summed E-state index contributed by atoms with van der Waals surface area (Å²) >= 11 is 0. The fourth-order valence-corrected chi connectivity index (χ4v) is 3.71. The number of ether oxygens (including phenoxy) is 1. The molecule has 1 saturated heterocycles. The SMILES string of the molecule is c1cnc(N2CCOC3C(Cn4cccc4)CCC32)nc1. The molecule has 2 aromatic rings. The highest BCUT2D eigenvalue weighted by molar-refractivity contribution is 5.33. The molecule has 0 amide bonds. The van der Waals surface area contributed by atoms with Crippen molar-refractivity contribution >= 4 is 5.95 Å². The molecular weight excluding hydrogens is 264 g/mol. The van der Waals surface area contributed by atoms with E-state index in [1.807, 2.05) is 18.5 Å². The van der Waals surface area contributed by atoms with Crippen molar-refractivity contribution in [2.45, 2.75) is 31.5 Å². The molecule has 3 heterocycles. The lowest BCUT2D eigenvalue weighted by Crippen LogP contribution is -2.51. The summed E-state index contributed by atoms with van der Waals surface area (Å²) in [7, 11) is 0. The van der Waals surface area contributed by atoms with Crippen molar-refractivity contribution in [2.24, 2.45) is 5.92 Å². The van der Waals surface area contributed by atoms with Crippen LogP contribution in [0.15, 0.2) is 43.0 Å². The van der Waals surface area contributed by atoms with Gasteiger partial charge in [-0.15, -0.1) is 0 Å². The molecule has 5 nitrogen and oxygen atoms in total. The Morgan fingerprint density at radius 3 is 2.71 bits per heavy atom. The Bertz CT molecular complexity index is 571. The van der Waals surface area contributed by atoms with Crippen LogP contribution in [0.2, 0.25) is 0 Å². The molecule has 0 bridgehead atoms. The van der Waals surface area contributed by atoms with Crippen LogP contribution in [0.3, 0.4) is 0 Å². The van der Waals surface area contributed by atoms with Crippen LogP contribution in [0, 0.1) is 5.92 Å². The summed E-state index contributed by atoms with van der Waals surface area (Å²) in [4.78, 5) is 11.2. The average molecular weight is 284 g/mol. The maximum atomic E-state index is 6.10. The van der Waals surface area contributed by atoms with E-state index in [-0.39, 0.29) is 0 Å². The number of nitrogens with zero attached hydrogens (tertiary/aromatic N) is 4. The van der Waals surface area contributed by atoms with Gasteiger partial charge in [-0.1, -0.05) is 0 Å². The van der Waals surface area contributed by atoms with E-state index < -0.39 is 0 Å². The first-order chi connectivity index (χ1) is 10.4. The van der Waals surface area contributed by atoms with Crippen molar-refractivity contribution in [3.63, 3.8) is 0 Å². The predicted octanol–water partition coefficient (Wildman–Crippen LogP) is 1.96. The van der Waals surface area contributed by atoms with Gasteiger partial charge in [0, 0.05) is 43.8 Å². The quantitative estimate of drug-likeness (QED) is 0.864. The minimum Gasteiger partial charge on any atom is -0.374 e. The number of hydrogen-bond acceptors (Lipinski definition) is 4. The Hall–Kier alpha value is -1.88. The van der Waals surface area contributed by atoms with Crippen molar-refractivity contribution in [3.8, 4) is 0 Å². The van der Waals surface area contributed by atoms with Gasteiger partial charge in [0.25, 0.3) is 0 Å². The normalized spacial score (nSPS) is 28.6. The van der Waals surface area contributed by atoms with Gasteiger partial charge in [-0.3, -0.25) is 0 Å². The Morgan fingerprint density at radius 1 is 1.10 bits per heavy atom. The number of hydrogen-bond donors (Lipinski definition) is 0. The van der Waals surface area contributed by atoms with Crippen LogP contribution in [0.25, 0.3) is 0 Å². The molecule has 110 valence electrons. The minimum absolute atomic E-state index is 0.296. The first kappa shape index (κ1) is 12.8. The third kappa shape index (κ3) is 2.42. The molecule has 0 radical (unpaired) electrons. The number of rotatable bonds is 3. The molecule has 1 aliphatic carbocycles. The summed E-state index contributed by atoms with van der Waals surface area (Å²) < 4.78 is 8.36. The molecule has 0 aromatic carbocycles. The molecule has 0 spiro atoms. The number of aromatic nitrogens is 3. The Balaban J connectivity index is 1.52. The molecule has 2 aromatic heterocycles. The Kier molecular flexibility index (Phi) is 3.35. The monoisotopic (exact) mass is 284 g/mol. The number of morpholine rings is 1. The Morgan fingerprint density at radius 2 is 1.90 bits per heavy atom. The van der Waals surface area contributed by atoms with E-state index in [0.717, 1.165) is 32.1 Å². The van der Waals surface area contributed by atoms with Gasteiger partial charge in [0.15, 0.2) is 0 Å². The Labute approximate surface area is 124 Å². The van der Waals surface area contributed by atoms with E-state index in [1.54, 1.807) is 0 Å². The lowest BCUT2D eigenvalue weighted by atomic mass is 10.0. The lowest BCUT2D eigenvalue weighted by molar-refractivity contribution is -0.00608. The van der Waals surface area contributed by atoms with Crippen molar-refractivity contribution in [1.29, 1.82) is 0 Å². The second-order valence-corrected chi connectivity index (χ2v) is 5.86. The zero-order chi connectivity index (χ0) is 14.1. The van der Waals surface area contributed by atoms with Crippen molar-refractivity contribution < 1.29 is 4.74 Å². The molecular formula is C16H20N4O. The van der Waals surface area contributed by atoms with Gasteiger partial charge < -0.3 is 14.2 Å². The zero-order valence-electron chi connectivity index (χ0n) is 12.0. The molecule has 1 aliphatic heterocycles. The topological polar surface area (TPSA) is 43.2 Å². The number of anilines is 1. The summed E-state index contributed by atoms with van der Waals surface area (Å²) in [6.45, 7) is 2.70. The predicted molar refractivity (Wildman–Crippen MR) is 80.1 cm³/mol. The molecule has 21 heavy (non-hydrogen) atoms. The minimum atomic E-state index is 0.296. The van der Waals surface area contributed by atoms with Crippen LogP contribution in [0.1, 0.15) is 12.8 Å². The summed E-state index contributed by atoms with van der Waals surface area (Å²) in [5.41, 5.74) is 0. The molecule has 4 rings (SSSR count). The molecule has 2 aliphatic rings. The van der Waals surface area contributed by atoms with Crippen LogP contribution < -0.4 is 4.90 Å². The average Bonchev–Trinajstić information content (AvgIpc) is 3.19. The van der Waals surface area contributed by atoms with E-state index in [2.05, 4.69) is 44.0 Å². The maximum absolute atomic E-state index is 6.10. The van der Waals surface area contributed by atoms with Crippen LogP contribution >= 0.6 is 0 Å². The molecule has 3 atom stereocenters. The van der Waals surface area contributed by atoms with Crippen LogP contribution in [-0.4, -0.2) is 39.8 Å². The van der Waals surface area contributed by atoms with Gasteiger partial charge in [-0.25, -0.2) is 9.97 Å². The van der Waals surface area contributed by atoms with E-state index >= 15 is 0 Å². The third-order valence-electron chi connectivity index (χ3n) is 4.64. The van der Waals surface area contributed by atoms with E-state index in [1.165, 1.54) is 6.42 Å². The van der Waals surface area contributed by atoms with Gasteiger partial charge in [0.05, 0.1) is 18.8 Å². The second-order valence-electron chi connectivity index (χ2n) is 5.86. The van der Waals surface area contributed by atoms with E-state index in [9.17, 15) is 0 Å². The molecule has 0 N–H and O–H groups in total. The van der Waals surface area contributed by atoms with Gasteiger partial charge >= 0.3 is 0 Å². The first-order valence-corrected chi connectivity index (χ1v) is 7.68. The fraction of sp³-hybridized carbons (Fsp3) is 0.500. The highest BCUT2D eigenvalue weighted by Crippen LogP contribution is 2.36. The summed E-state index contributed by atoms with van der Waals surface area (Å²) in [5.74, 6) is 1.42. The lowest BCUT2D eigenvalue weighted by Gasteiger charge is -2.39. The highest BCUT2D eigenvalue weighted by Gasteiger charge is 2.43. The van der Waals surface area contributed by atoms with Gasteiger partial charge in [0.2, 0.25) is 5.95 Å². The van der Waals surface area contributed by atoms with Gasteiger partial charge in [-0.2, -0.15) is 0 Å². The van der Waals surface area contributed by atoms with Crippen molar-refractivity contribution in [2.75, 3.05) is 18.1 Å². The van der Waals surface area contributed by atoms with E-state index in [4.69, 9.17) is 4.74 Å².